The second-order valence-electron chi connectivity index (χ2n) is 17.5. The third kappa shape index (κ3) is 7.98. The molecule has 3 fully saturated rings. The van der Waals surface area contributed by atoms with E-state index >= 15 is 13.6 Å². The van der Waals surface area contributed by atoms with Crippen molar-refractivity contribution >= 4 is 44.6 Å². The Morgan fingerprint density at radius 1 is 1.12 bits per heavy atom. The largest absolute Gasteiger partial charge is 0.465 e. The van der Waals surface area contributed by atoms with E-state index in [4.69, 9.17) is 9.47 Å². The van der Waals surface area contributed by atoms with Crippen LogP contribution in [0.2, 0.25) is 0 Å². The molecule has 2 aromatic rings. The summed E-state index contributed by atoms with van der Waals surface area (Å²) in [5.74, 6) is -5.61. The van der Waals surface area contributed by atoms with Gasteiger partial charge in [0.1, 0.15) is 17.6 Å². The van der Waals surface area contributed by atoms with Crippen LogP contribution in [0.3, 0.4) is 0 Å². The van der Waals surface area contributed by atoms with Gasteiger partial charge in [-0.3, -0.25) is 33.7 Å². The number of carbonyl (C=O) groups excluding carboxylic acids is 3. The number of ether oxygens (including phenoxy) is 2. The van der Waals surface area contributed by atoms with Crippen LogP contribution in [0.25, 0.3) is 10.8 Å². The molecule has 2 saturated carbocycles. The molecule has 8 atom stereocenters. The maximum absolute atomic E-state index is 17.8. The Morgan fingerprint density at radius 2 is 1.78 bits per heavy atom. The van der Waals surface area contributed by atoms with Crippen molar-refractivity contribution < 1.29 is 51.0 Å². The average Bonchev–Trinajstić information content (AvgIpc) is 4.09. The number of carboxylic acid groups (broad SMARTS) is 1. The first-order chi connectivity index (χ1) is 28.1. The zero-order valence-corrected chi connectivity index (χ0v) is 35.9. The molecule has 16 nitrogen and oxygen atoms in total. The number of hydrogen-bond acceptors (Lipinski definition) is 10. The van der Waals surface area contributed by atoms with E-state index in [0.29, 0.717) is 25.7 Å². The van der Waals surface area contributed by atoms with E-state index in [1.165, 1.54) is 26.2 Å². The van der Waals surface area contributed by atoms with Crippen LogP contribution in [-0.2, 0) is 35.7 Å². The zero-order valence-electron chi connectivity index (χ0n) is 35.1. The number of fused-ring (bicyclic) bond motifs is 3. The number of methoxy groups -OCH3 is 1. The zero-order chi connectivity index (χ0) is 44.2. The van der Waals surface area contributed by atoms with Gasteiger partial charge in [0, 0.05) is 25.5 Å². The lowest BCUT2D eigenvalue weighted by molar-refractivity contribution is -0.219. The lowest BCUT2D eigenvalue weighted by atomic mass is 9.86. The fraction of sp³-hybridized carbons (Fsp3) is 0.659. The third-order valence-corrected chi connectivity index (χ3v) is 15.1. The lowest BCUT2D eigenvalue weighted by Crippen LogP contribution is -2.64. The van der Waals surface area contributed by atoms with E-state index in [-0.39, 0.29) is 54.0 Å². The fourth-order valence-corrected chi connectivity index (χ4v) is 9.92. The van der Waals surface area contributed by atoms with Crippen molar-refractivity contribution in [3.8, 4) is 5.88 Å². The van der Waals surface area contributed by atoms with E-state index in [2.05, 4.69) is 15.1 Å². The van der Waals surface area contributed by atoms with Crippen LogP contribution in [0.4, 0.5) is 13.6 Å². The summed E-state index contributed by atoms with van der Waals surface area (Å²) in [6.45, 7) is 9.27. The van der Waals surface area contributed by atoms with Gasteiger partial charge in [-0.05, 0) is 89.7 Å². The van der Waals surface area contributed by atoms with Crippen LogP contribution in [-0.4, -0.2) is 111 Å². The molecular weight excluding hydrogens is 807 g/mol. The van der Waals surface area contributed by atoms with Gasteiger partial charge in [-0.1, -0.05) is 45.1 Å². The van der Waals surface area contributed by atoms with E-state index in [0.717, 1.165) is 16.5 Å². The number of alkyl halides is 2. The maximum Gasteiger partial charge on any atom is 0.408 e. The number of nitrogens with zero attached hydrogens (tertiary/aromatic N) is 4. The summed E-state index contributed by atoms with van der Waals surface area (Å²) in [6, 6.07) is -2.84. The predicted molar refractivity (Wildman–Crippen MR) is 216 cm³/mol. The quantitative estimate of drug-likeness (QED) is 0.213. The third-order valence-electron chi connectivity index (χ3n) is 13.0. The van der Waals surface area contributed by atoms with Crippen LogP contribution in [0, 0.1) is 17.8 Å². The monoisotopic (exact) mass is 862 g/mol. The molecule has 6 rings (SSSR count). The number of amides is 4. The first-order valence-electron chi connectivity index (χ1n) is 20.5. The van der Waals surface area contributed by atoms with Crippen molar-refractivity contribution in [1.82, 2.24) is 29.6 Å². The standard InChI is InChI=1S/C41H56F2N6O10S/c1-8-26(4)48(37(54)55)31-25(3)21-24(2)13-9-10-14-27-22-40(27,36(53)46-60(56,57)38(5)17-18-38)44-32(50)30-23-39(6,41(42,43)49(30)35(31)52)59-33-28-15-11-12-16-29(28)34(51)47(45-33)19-20-58-7/h10-12,14-16,24-27,30-31H,8-9,13,17-23H2,1-7H3,(H,44,50)(H,46,53)(H,54,55)/b14-10-/t24-,25-,26?,27-,30+,31+,39-,40-/m1/s1. The highest BCUT2D eigenvalue weighted by molar-refractivity contribution is 7.91. The lowest BCUT2D eigenvalue weighted by Gasteiger charge is -2.42. The summed E-state index contributed by atoms with van der Waals surface area (Å²) in [4.78, 5) is 71.2. The molecule has 4 amide bonds. The van der Waals surface area contributed by atoms with Crippen molar-refractivity contribution in [2.45, 2.75) is 140 Å². The van der Waals surface area contributed by atoms with Crippen molar-refractivity contribution in [1.29, 1.82) is 0 Å². The number of carbonyl (C=O) groups is 4. The molecule has 330 valence electrons. The highest BCUT2D eigenvalue weighted by Crippen LogP contribution is 2.51. The molecule has 60 heavy (non-hydrogen) atoms. The minimum absolute atomic E-state index is 0.0448. The fourth-order valence-electron chi connectivity index (χ4n) is 8.61. The SMILES string of the molecule is CCC(C)N(C(=O)O)[C@@H]1C(=O)N2[C@@H](C[C@@](C)(Oc3nn(CCOC)c(=O)c4ccccc34)C2(F)F)C(=O)N[C@]2(C(=O)NS(=O)(=O)C3(C)CC3)C[C@H]2/C=C\CC[C@@H](C)C[C@H]1C. The summed E-state index contributed by atoms with van der Waals surface area (Å²) in [6.07, 6.45) is 3.28. The van der Waals surface area contributed by atoms with E-state index in [1.807, 2.05) is 13.0 Å². The molecule has 3 heterocycles. The van der Waals surface area contributed by atoms with Crippen molar-refractivity contribution in [2.75, 3.05) is 13.7 Å². The predicted octanol–water partition coefficient (Wildman–Crippen LogP) is 4.41. The molecule has 1 aromatic heterocycles. The normalized spacial score (nSPS) is 31.1. The number of sulfonamides is 1. The second-order valence-corrected chi connectivity index (χ2v) is 19.7. The van der Waals surface area contributed by atoms with Crippen LogP contribution >= 0.6 is 0 Å². The van der Waals surface area contributed by atoms with Gasteiger partial charge >= 0.3 is 12.1 Å². The Morgan fingerprint density at radius 3 is 2.40 bits per heavy atom. The summed E-state index contributed by atoms with van der Waals surface area (Å²) >= 11 is 0. The van der Waals surface area contributed by atoms with Gasteiger partial charge in [0.2, 0.25) is 21.8 Å². The summed E-state index contributed by atoms with van der Waals surface area (Å²) < 4.78 is 75.2. The number of aromatic nitrogens is 2. The number of rotatable bonds is 11. The van der Waals surface area contributed by atoms with Gasteiger partial charge in [0.25, 0.3) is 17.4 Å². The maximum atomic E-state index is 17.8. The molecule has 1 saturated heterocycles. The highest BCUT2D eigenvalue weighted by Gasteiger charge is 2.71. The summed E-state index contributed by atoms with van der Waals surface area (Å²) in [5, 5.41) is 17.6. The second kappa shape index (κ2) is 16.3. The van der Waals surface area contributed by atoms with Gasteiger partial charge < -0.3 is 19.9 Å². The molecule has 1 aromatic carbocycles. The van der Waals surface area contributed by atoms with Gasteiger partial charge in [-0.2, -0.15) is 8.78 Å². The van der Waals surface area contributed by atoms with Crippen LogP contribution in [0.1, 0.15) is 92.9 Å². The molecule has 1 unspecified atom stereocenters. The first-order valence-corrected chi connectivity index (χ1v) is 22.0. The molecule has 0 bridgehead atoms. The molecule has 0 spiro atoms. The minimum Gasteiger partial charge on any atom is -0.465 e. The first kappa shape index (κ1) is 44.9. The van der Waals surface area contributed by atoms with E-state index in [9.17, 15) is 32.7 Å². The number of halogens is 2. The topological polar surface area (TPSA) is 207 Å². The molecule has 2 aliphatic heterocycles. The van der Waals surface area contributed by atoms with Gasteiger partial charge in [0.15, 0.2) is 5.60 Å². The minimum atomic E-state index is -4.36. The van der Waals surface area contributed by atoms with Crippen molar-refractivity contribution in [3.63, 3.8) is 0 Å². The number of hydrogen-bond donors (Lipinski definition) is 3. The number of allylic oxidation sites excluding steroid dienone is 1. The van der Waals surface area contributed by atoms with Gasteiger partial charge in [0.05, 0.1) is 28.7 Å². The molecule has 0 radical (unpaired) electrons. The molecule has 4 aliphatic rings. The Bertz CT molecular complexity index is 2230. The molecule has 2 aliphatic carbocycles. The summed E-state index contributed by atoms with van der Waals surface area (Å²) in [7, 11) is -2.78. The van der Waals surface area contributed by atoms with Gasteiger partial charge in [-0.15, -0.1) is 5.10 Å². The Labute approximate surface area is 348 Å². The van der Waals surface area contributed by atoms with Crippen LogP contribution in [0.15, 0.2) is 41.2 Å². The molecule has 19 heteroatoms. The average molecular weight is 863 g/mol. The highest BCUT2D eigenvalue weighted by atomic mass is 32.2. The van der Waals surface area contributed by atoms with Crippen molar-refractivity contribution in [2.24, 2.45) is 17.8 Å². The Hall–Kier alpha value is -4.65. The summed E-state index contributed by atoms with van der Waals surface area (Å²) in [5.41, 5.74) is -5.16. The van der Waals surface area contributed by atoms with Crippen LogP contribution < -0.4 is 20.3 Å². The van der Waals surface area contributed by atoms with Gasteiger partial charge in [-0.25, -0.2) is 17.9 Å². The van der Waals surface area contributed by atoms with E-state index in [1.54, 1.807) is 39.0 Å². The smallest absolute Gasteiger partial charge is 0.408 e. The van der Waals surface area contributed by atoms with Crippen molar-refractivity contribution in [3.05, 3.63) is 46.8 Å². The Kier molecular flexibility index (Phi) is 12.2. The number of benzene rings is 1. The Balaban J connectivity index is 1.50. The molecular formula is C41H56F2N6O10S. The van der Waals surface area contributed by atoms with Crippen LogP contribution in [0.5, 0.6) is 5.88 Å². The van der Waals surface area contributed by atoms with E-state index < -0.39 is 104 Å². The molecule has 3 N–H and O–H groups in total. The number of nitrogens with one attached hydrogen (secondary N) is 2.